The van der Waals surface area contributed by atoms with Crippen molar-refractivity contribution < 1.29 is 9.90 Å². The zero-order valence-corrected chi connectivity index (χ0v) is 10.6. The number of amides is 1. The van der Waals surface area contributed by atoms with Gasteiger partial charge in [0.25, 0.3) is 0 Å². The van der Waals surface area contributed by atoms with Gasteiger partial charge in [0.15, 0.2) is 0 Å². The van der Waals surface area contributed by atoms with Crippen molar-refractivity contribution in [1.82, 2.24) is 0 Å². The minimum Gasteiger partial charge on any atom is -0.513 e. The van der Waals surface area contributed by atoms with Gasteiger partial charge < -0.3 is 15.8 Å². The molecule has 1 rings (SSSR count). The third-order valence-corrected chi connectivity index (χ3v) is 2.23. The van der Waals surface area contributed by atoms with Crippen LogP contribution in [0.15, 0.2) is 42.7 Å². The lowest BCUT2D eigenvalue weighted by molar-refractivity contribution is -0.111. The van der Waals surface area contributed by atoms with Crippen LogP contribution in [0.3, 0.4) is 0 Å². The number of aliphatic hydroxyl groups excluding tert-OH is 1. The Labute approximate surface area is 110 Å². The molecule has 1 aromatic rings. The second kappa shape index (κ2) is 6.02. The third kappa shape index (κ3) is 4.07. The predicted molar refractivity (Wildman–Crippen MR) is 73.5 cm³/mol. The fourth-order valence-electron chi connectivity index (χ4n) is 1.30. The normalized spacial score (nSPS) is 10.9. The van der Waals surface area contributed by atoms with Crippen molar-refractivity contribution in [3.05, 3.63) is 53.3 Å². The topological polar surface area (TPSA) is 73.2 Å². The van der Waals surface area contributed by atoms with E-state index in [0.29, 0.717) is 16.3 Å². The largest absolute Gasteiger partial charge is 0.513 e. The summed E-state index contributed by atoms with van der Waals surface area (Å²) < 4.78 is 0. The quantitative estimate of drug-likeness (QED) is 0.443. The van der Waals surface area contributed by atoms with Gasteiger partial charge in [0.2, 0.25) is 5.91 Å². The molecule has 0 aliphatic heterocycles. The number of halogens is 1. The highest BCUT2D eigenvalue weighted by Gasteiger charge is 2.05. The number of carbonyl (C=O) groups is 1. The summed E-state index contributed by atoms with van der Waals surface area (Å²) in [6, 6.07) is 4.73. The highest BCUT2D eigenvalue weighted by atomic mass is 35.5. The van der Waals surface area contributed by atoms with Crippen LogP contribution in [0.1, 0.15) is 12.5 Å². The second-order valence-corrected chi connectivity index (χ2v) is 4.06. The van der Waals surface area contributed by atoms with E-state index in [0.717, 1.165) is 6.08 Å². The molecule has 0 aliphatic rings. The number of carbonyl (C=O) groups excluding carboxylic acids is 1. The Balaban J connectivity index is 3.08. The van der Waals surface area contributed by atoms with Crippen molar-refractivity contribution in [1.29, 1.82) is 5.41 Å². The average molecular weight is 265 g/mol. The summed E-state index contributed by atoms with van der Waals surface area (Å²) >= 11 is 5.90. The lowest BCUT2D eigenvalue weighted by atomic mass is 10.1. The van der Waals surface area contributed by atoms with Crippen molar-refractivity contribution in [2.24, 2.45) is 0 Å². The van der Waals surface area contributed by atoms with Crippen LogP contribution in [-0.4, -0.2) is 16.7 Å². The number of benzene rings is 1. The first kappa shape index (κ1) is 14.0. The van der Waals surface area contributed by atoms with E-state index in [4.69, 9.17) is 22.1 Å². The van der Waals surface area contributed by atoms with E-state index in [-0.39, 0.29) is 17.4 Å². The van der Waals surface area contributed by atoms with Gasteiger partial charge in [-0.05, 0) is 31.2 Å². The van der Waals surface area contributed by atoms with Gasteiger partial charge in [-0.15, -0.1) is 0 Å². The predicted octanol–water partition coefficient (Wildman–Crippen LogP) is 3.29. The van der Waals surface area contributed by atoms with E-state index in [1.165, 1.54) is 13.0 Å². The van der Waals surface area contributed by atoms with Gasteiger partial charge in [0.1, 0.15) is 0 Å². The van der Waals surface area contributed by atoms with Crippen LogP contribution in [0.5, 0.6) is 0 Å². The van der Waals surface area contributed by atoms with Crippen molar-refractivity contribution in [3.63, 3.8) is 0 Å². The van der Waals surface area contributed by atoms with Crippen molar-refractivity contribution in [2.75, 3.05) is 5.32 Å². The fraction of sp³-hybridized carbons (Fsp3) is 0.0769. The molecule has 0 heterocycles. The SMILES string of the molecule is C=CC(=O)Nc1cc(Cl)cc(C(=N)/C=C(\C)O)c1. The molecule has 1 amide bonds. The van der Waals surface area contributed by atoms with E-state index in [1.54, 1.807) is 18.2 Å². The summed E-state index contributed by atoms with van der Waals surface area (Å²) in [7, 11) is 0. The molecule has 3 N–H and O–H groups in total. The molecule has 0 aliphatic carbocycles. The van der Waals surface area contributed by atoms with Gasteiger partial charge >= 0.3 is 0 Å². The van der Waals surface area contributed by atoms with E-state index >= 15 is 0 Å². The third-order valence-electron chi connectivity index (χ3n) is 2.01. The molecule has 0 saturated carbocycles. The first-order chi connectivity index (χ1) is 8.42. The number of hydrogen-bond donors (Lipinski definition) is 3. The van der Waals surface area contributed by atoms with Crippen LogP contribution in [0, 0.1) is 5.41 Å². The van der Waals surface area contributed by atoms with Crippen molar-refractivity contribution >= 4 is 28.9 Å². The fourth-order valence-corrected chi connectivity index (χ4v) is 1.54. The van der Waals surface area contributed by atoms with Crippen molar-refractivity contribution in [2.45, 2.75) is 6.92 Å². The molecule has 0 bridgehead atoms. The molecule has 0 aromatic heterocycles. The Kier molecular flexibility index (Phi) is 4.68. The molecule has 0 spiro atoms. The Morgan fingerprint density at radius 3 is 2.72 bits per heavy atom. The van der Waals surface area contributed by atoms with Crippen LogP contribution in [-0.2, 0) is 4.79 Å². The molecule has 0 saturated heterocycles. The van der Waals surface area contributed by atoms with E-state index < -0.39 is 0 Å². The monoisotopic (exact) mass is 264 g/mol. The lowest BCUT2D eigenvalue weighted by Gasteiger charge is -2.06. The number of anilines is 1. The molecule has 94 valence electrons. The molecular formula is C13H13ClN2O2. The van der Waals surface area contributed by atoms with Gasteiger partial charge in [-0.3, -0.25) is 4.79 Å². The smallest absolute Gasteiger partial charge is 0.247 e. The zero-order valence-electron chi connectivity index (χ0n) is 9.83. The summed E-state index contributed by atoms with van der Waals surface area (Å²) in [6.45, 7) is 4.82. The maximum atomic E-state index is 11.2. The molecule has 1 aromatic carbocycles. The van der Waals surface area contributed by atoms with Gasteiger partial charge in [-0.25, -0.2) is 0 Å². The number of hydrogen-bond acceptors (Lipinski definition) is 3. The van der Waals surface area contributed by atoms with E-state index in [2.05, 4.69) is 11.9 Å². The highest BCUT2D eigenvalue weighted by molar-refractivity contribution is 6.31. The standard InChI is InChI=1S/C13H13ClN2O2/c1-3-13(18)16-11-6-9(5-10(14)7-11)12(15)4-8(2)17/h3-7,15,17H,1H2,2H3,(H,16,18)/b8-4+,15-12?. The first-order valence-electron chi connectivity index (χ1n) is 5.12. The van der Waals surface area contributed by atoms with Crippen LogP contribution >= 0.6 is 11.6 Å². The van der Waals surface area contributed by atoms with Gasteiger partial charge in [0.05, 0.1) is 11.5 Å². The maximum absolute atomic E-state index is 11.2. The molecule has 0 atom stereocenters. The Hall–Kier alpha value is -2.07. The number of rotatable bonds is 4. The average Bonchev–Trinajstić information content (AvgIpc) is 2.27. The minimum absolute atomic E-state index is 0.0247. The first-order valence-corrected chi connectivity index (χ1v) is 5.50. The number of aliphatic hydroxyl groups is 1. The molecule has 0 radical (unpaired) electrons. The van der Waals surface area contributed by atoms with Gasteiger partial charge in [0, 0.05) is 22.3 Å². The Bertz CT molecular complexity index is 532. The summed E-state index contributed by atoms with van der Waals surface area (Å²) in [5.74, 6) is -0.333. The van der Waals surface area contributed by atoms with Crippen LogP contribution < -0.4 is 5.32 Å². The highest BCUT2D eigenvalue weighted by Crippen LogP contribution is 2.20. The Morgan fingerprint density at radius 2 is 2.17 bits per heavy atom. The Morgan fingerprint density at radius 1 is 1.50 bits per heavy atom. The second-order valence-electron chi connectivity index (χ2n) is 3.62. The van der Waals surface area contributed by atoms with E-state index in [1.807, 2.05) is 0 Å². The lowest BCUT2D eigenvalue weighted by Crippen LogP contribution is -2.08. The number of allylic oxidation sites excluding steroid dienone is 2. The van der Waals surface area contributed by atoms with Crippen LogP contribution in [0.2, 0.25) is 5.02 Å². The van der Waals surface area contributed by atoms with Crippen LogP contribution in [0.25, 0.3) is 0 Å². The maximum Gasteiger partial charge on any atom is 0.247 e. The van der Waals surface area contributed by atoms with Gasteiger partial charge in [-0.1, -0.05) is 18.2 Å². The van der Waals surface area contributed by atoms with Gasteiger partial charge in [-0.2, -0.15) is 0 Å². The van der Waals surface area contributed by atoms with E-state index in [9.17, 15) is 4.79 Å². The molecule has 0 fully saturated rings. The summed E-state index contributed by atoms with van der Waals surface area (Å²) in [6.07, 6.45) is 2.44. The molecule has 5 heteroatoms. The molecular weight excluding hydrogens is 252 g/mol. The molecule has 4 nitrogen and oxygen atoms in total. The minimum atomic E-state index is -0.358. The number of nitrogens with one attached hydrogen (secondary N) is 2. The molecule has 18 heavy (non-hydrogen) atoms. The summed E-state index contributed by atoms with van der Waals surface area (Å²) in [5.41, 5.74) is 1.07. The molecule has 0 unspecified atom stereocenters. The van der Waals surface area contributed by atoms with Crippen LogP contribution in [0.4, 0.5) is 5.69 Å². The summed E-state index contributed by atoms with van der Waals surface area (Å²) in [4.78, 5) is 11.2. The van der Waals surface area contributed by atoms with Crippen molar-refractivity contribution in [3.8, 4) is 0 Å². The summed E-state index contributed by atoms with van der Waals surface area (Å²) in [5, 5.41) is 19.8. The zero-order chi connectivity index (χ0) is 13.7.